The molecule has 18 heavy (non-hydrogen) atoms. The average molecular weight is 268 g/mol. The largest absolute Gasteiger partial charge is 0.396 e. The Balaban J connectivity index is 2.76. The molecule has 0 spiro atoms. The number of aliphatic hydroxyl groups is 2. The van der Waals surface area contributed by atoms with Crippen LogP contribution in [-0.4, -0.2) is 28.2 Å². The normalized spacial score (nSPS) is 15.4. The van der Waals surface area contributed by atoms with Gasteiger partial charge in [0, 0.05) is 15.6 Å². The van der Waals surface area contributed by atoms with Gasteiger partial charge in [0.2, 0.25) is 0 Å². The Kier molecular flexibility index (Phi) is 6.19. The van der Waals surface area contributed by atoms with E-state index in [2.05, 4.69) is 19.1 Å². The molecular formula is C15H24O2S. The molecule has 0 aliphatic carbocycles. The lowest BCUT2D eigenvalue weighted by Gasteiger charge is -2.34. The third-order valence-corrected chi connectivity index (χ3v) is 4.50. The minimum atomic E-state index is -0.507. The van der Waals surface area contributed by atoms with Crippen molar-refractivity contribution in [2.45, 2.75) is 49.9 Å². The summed E-state index contributed by atoms with van der Waals surface area (Å²) < 4.78 is 0. The van der Waals surface area contributed by atoms with Crippen LogP contribution in [0.5, 0.6) is 0 Å². The van der Waals surface area contributed by atoms with Crippen molar-refractivity contribution in [2.75, 3.05) is 6.61 Å². The fourth-order valence-electron chi connectivity index (χ4n) is 1.84. The molecule has 2 nitrogen and oxygen atoms in total. The van der Waals surface area contributed by atoms with E-state index in [1.807, 2.05) is 32.0 Å². The van der Waals surface area contributed by atoms with Crippen LogP contribution >= 0.6 is 11.8 Å². The predicted octanol–water partition coefficient (Wildman–Crippen LogP) is 3.33. The monoisotopic (exact) mass is 268 g/mol. The summed E-state index contributed by atoms with van der Waals surface area (Å²) in [6.45, 7) is 5.94. The lowest BCUT2D eigenvalue weighted by Crippen LogP contribution is -2.40. The van der Waals surface area contributed by atoms with Crippen molar-refractivity contribution in [1.82, 2.24) is 0 Å². The van der Waals surface area contributed by atoms with Crippen molar-refractivity contribution < 1.29 is 10.2 Å². The van der Waals surface area contributed by atoms with Gasteiger partial charge in [0.05, 0.1) is 12.7 Å². The number of benzene rings is 1. The van der Waals surface area contributed by atoms with Crippen molar-refractivity contribution in [3.05, 3.63) is 30.3 Å². The van der Waals surface area contributed by atoms with E-state index in [9.17, 15) is 10.2 Å². The van der Waals surface area contributed by atoms with Gasteiger partial charge in [-0.3, -0.25) is 0 Å². The maximum atomic E-state index is 10.4. The highest BCUT2D eigenvalue weighted by molar-refractivity contribution is 8.00. The van der Waals surface area contributed by atoms with Gasteiger partial charge in [-0.2, -0.15) is 0 Å². The molecule has 0 amide bonds. The summed E-state index contributed by atoms with van der Waals surface area (Å²) in [6, 6.07) is 10.1. The standard InChI is InChI=1S/C15H24O2S/c1-4-8-13(14(17)15(2,3)11-16)18-12-9-6-5-7-10-12/h5-7,9-10,13-14,16-17H,4,8,11H2,1-3H3/t13-,14-/m0/s1. The number of hydrogen-bond donors (Lipinski definition) is 2. The Bertz CT molecular complexity index is 338. The van der Waals surface area contributed by atoms with Gasteiger partial charge in [-0.1, -0.05) is 45.4 Å². The smallest absolute Gasteiger partial charge is 0.0734 e. The van der Waals surface area contributed by atoms with Gasteiger partial charge in [0.1, 0.15) is 0 Å². The van der Waals surface area contributed by atoms with Crippen molar-refractivity contribution in [1.29, 1.82) is 0 Å². The summed E-state index contributed by atoms with van der Waals surface area (Å²) in [4.78, 5) is 1.17. The predicted molar refractivity (Wildman–Crippen MR) is 77.9 cm³/mol. The molecule has 0 bridgehead atoms. The lowest BCUT2D eigenvalue weighted by atomic mass is 9.84. The Hall–Kier alpha value is -0.510. The fraction of sp³-hybridized carbons (Fsp3) is 0.600. The van der Waals surface area contributed by atoms with E-state index in [-0.39, 0.29) is 11.9 Å². The van der Waals surface area contributed by atoms with Crippen LogP contribution < -0.4 is 0 Å². The topological polar surface area (TPSA) is 40.5 Å². The van der Waals surface area contributed by atoms with Crippen LogP contribution in [0, 0.1) is 5.41 Å². The van der Waals surface area contributed by atoms with Crippen molar-refractivity contribution in [3.63, 3.8) is 0 Å². The van der Waals surface area contributed by atoms with Crippen molar-refractivity contribution >= 4 is 11.8 Å². The first kappa shape index (κ1) is 15.5. The summed E-state index contributed by atoms with van der Waals surface area (Å²) in [6.07, 6.45) is 1.47. The summed E-state index contributed by atoms with van der Waals surface area (Å²) in [5.41, 5.74) is -0.457. The molecule has 0 fully saturated rings. The van der Waals surface area contributed by atoms with Crippen LogP contribution in [0.2, 0.25) is 0 Å². The van der Waals surface area contributed by atoms with Crippen LogP contribution in [0.4, 0.5) is 0 Å². The Morgan fingerprint density at radius 2 is 1.83 bits per heavy atom. The molecule has 102 valence electrons. The first-order chi connectivity index (χ1) is 8.51. The number of thioether (sulfide) groups is 1. The molecule has 0 aromatic heterocycles. The van der Waals surface area contributed by atoms with Gasteiger partial charge >= 0.3 is 0 Å². The molecule has 0 saturated heterocycles. The fourth-order valence-corrected chi connectivity index (χ4v) is 3.35. The van der Waals surface area contributed by atoms with Gasteiger partial charge in [0.25, 0.3) is 0 Å². The first-order valence-corrected chi connectivity index (χ1v) is 7.40. The Morgan fingerprint density at radius 3 is 2.33 bits per heavy atom. The zero-order chi connectivity index (χ0) is 13.6. The van der Waals surface area contributed by atoms with Crippen LogP contribution in [0.1, 0.15) is 33.6 Å². The maximum Gasteiger partial charge on any atom is 0.0734 e. The second-order valence-electron chi connectivity index (χ2n) is 5.35. The minimum absolute atomic E-state index is 0.00370. The highest BCUT2D eigenvalue weighted by Gasteiger charge is 2.33. The van der Waals surface area contributed by atoms with Gasteiger partial charge < -0.3 is 10.2 Å². The van der Waals surface area contributed by atoms with E-state index in [1.54, 1.807) is 11.8 Å². The van der Waals surface area contributed by atoms with Crippen LogP contribution in [0.25, 0.3) is 0 Å². The second-order valence-corrected chi connectivity index (χ2v) is 6.66. The molecule has 3 heteroatoms. The summed E-state index contributed by atoms with van der Waals surface area (Å²) in [5.74, 6) is 0. The Labute approximate surface area is 114 Å². The molecule has 0 saturated carbocycles. The molecule has 1 aromatic carbocycles. The lowest BCUT2D eigenvalue weighted by molar-refractivity contribution is 0.00565. The van der Waals surface area contributed by atoms with Crippen molar-refractivity contribution in [3.8, 4) is 0 Å². The van der Waals surface area contributed by atoms with Crippen LogP contribution in [0.3, 0.4) is 0 Å². The summed E-state index contributed by atoms with van der Waals surface area (Å²) in [5, 5.41) is 20.0. The molecule has 0 radical (unpaired) electrons. The SMILES string of the molecule is CCC[C@H](Sc1ccccc1)[C@H](O)C(C)(C)CO. The third kappa shape index (κ3) is 4.30. The van der Waals surface area contributed by atoms with Gasteiger partial charge in [-0.25, -0.2) is 0 Å². The van der Waals surface area contributed by atoms with E-state index in [0.717, 1.165) is 12.8 Å². The molecule has 1 rings (SSSR count). The molecule has 0 aliphatic rings. The van der Waals surface area contributed by atoms with Gasteiger partial charge in [0.15, 0.2) is 0 Å². The van der Waals surface area contributed by atoms with Crippen LogP contribution in [0.15, 0.2) is 35.2 Å². The molecule has 0 unspecified atom stereocenters. The van der Waals surface area contributed by atoms with E-state index in [4.69, 9.17) is 0 Å². The van der Waals surface area contributed by atoms with Crippen LogP contribution in [-0.2, 0) is 0 Å². The van der Waals surface area contributed by atoms with E-state index in [1.165, 1.54) is 4.90 Å². The quantitative estimate of drug-likeness (QED) is 0.745. The minimum Gasteiger partial charge on any atom is -0.396 e. The molecule has 1 aromatic rings. The van der Waals surface area contributed by atoms with Gasteiger partial charge in [-0.15, -0.1) is 11.8 Å². The molecule has 0 heterocycles. The maximum absolute atomic E-state index is 10.4. The van der Waals surface area contributed by atoms with E-state index >= 15 is 0 Å². The average Bonchev–Trinajstić information content (AvgIpc) is 2.38. The molecule has 2 N–H and O–H groups in total. The number of hydrogen-bond acceptors (Lipinski definition) is 3. The van der Waals surface area contributed by atoms with Crippen molar-refractivity contribution in [2.24, 2.45) is 5.41 Å². The zero-order valence-electron chi connectivity index (χ0n) is 11.5. The van der Waals surface area contributed by atoms with E-state index in [0.29, 0.717) is 0 Å². The second kappa shape index (κ2) is 7.17. The summed E-state index contributed by atoms with van der Waals surface area (Å²) in [7, 11) is 0. The number of aliphatic hydroxyl groups excluding tert-OH is 2. The third-order valence-electron chi connectivity index (χ3n) is 3.16. The zero-order valence-corrected chi connectivity index (χ0v) is 12.3. The highest BCUT2D eigenvalue weighted by atomic mass is 32.2. The molecule has 0 aliphatic heterocycles. The van der Waals surface area contributed by atoms with Gasteiger partial charge in [-0.05, 0) is 18.6 Å². The molecule has 2 atom stereocenters. The number of rotatable bonds is 7. The summed E-state index contributed by atoms with van der Waals surface area (Å²) >= 11 is 1.70. The Morgan fingerprint density at radius 1 is 1.22 bits per heavy atom. The molecular weight excluding hydrogens is 244 g/mol. The highest BCUT2D eigenvalue weighted by Crippen LogP contribution is 2.35. The van der Waals surface area contributed by atoms with E-state index < -0.39 is 11.5 Å². The first-order valence-electron chi connectivity index (χ1n) is 6.52.